The lowest BCUT2D eigenvalue weighted by atomic mass is 9.99. The Balaban J connectivity index is 2.34. The van der Waals surface area contributed by atoms with Crippen LogP contribution in [0.2, 0.25) is 0 Å². The van der Waals surface area contributed by atoms with Gasteiger partial charge in [0.2, 0.25) is 0 Å². The van der Waals surface area contributed by atoms with E-state index in [1.807, 2.05) is 0 Å². The van der Waals surface area contributed by atoms with Crippen molar-refractivity contribution >= 4 is 5.97 Å². The summed E-state index contributed by atoms with van der Waals surface area (Å²) in [6.45, 7) is 2.95. The topological polar surface area (TPSA) is 55.6 Å². The predicted octanol–water partition coefficient (Wildman–Crippen LogP) is 1.14. The van der Waals surface area contributed by atoms with Crippen LogP contribution in [0.4, 0.5) is 0 Å². The smallest absolute Gasteiger partial charge is 0.307 e. The van der Waals surface area contributed by atoms with Crippen molar-refractivity contribution in [3.63, 3.8) is 0 Å². The van der Waals surface area contributed by atoms with Gasteiger partial charge in [-0.3, -0.25) is 9.69 Å². The zero-order valence-corrected chi connectivity index (χ0v) is 10.3. The summed E-state index contributed by atoms with van der Waals surface area (Å²) in [5, 5.41) is 0. The molecule has 1 aliphatic heterocycles. The van der Waals surface area contributed by atoms with E-state index in [2.05, 4.69) is 4.90 Å². The van der Waals surface area contributed by atoms with Crippen molar-refractivity contribution in [2.45, 2.75) is 44.6 Å². The number of unbranched alkanes of at least 4 members (excludes halogenated alkanes) is 1. The molecule has 0 spiro atoms. The predicted molar refractivity (Wildman–Crippen MR) is 64.1 cm³/mol. The largest absolute Gasteiger partial charge is 0.469 e. The fourth-order valence-electron chi connectivity index (χ4n) is 2.32. The van der Waals surface area contributed by atoms with Crippen molar-refractivity contribution in [1.82, 2.24) is 4.90 Å². The molecule has 1 aliphatic rings. The number of rotatable bonds is 6. The number of likely N-dealkylation sites (tertiary alicyclic amines) is 1. The van der Waals surface area contributed by atoms with Crippen LogP contribution in [0.1, 0.15) is 38.5 Å². The number of nitrogens with zero attached hydrogens (tertiary/aromatic N) is 1. The molecule has 4 nitrogen and oxygen atoms in total. The first-order valence-corrected chi connectivity index (χ1v) is 6.29. The standard InChI is InChI=1S/C12H24N2O2/c1-16-12(15)10-11-6-2-4-8-14(11)9-5-3-7-13/h11H,2-10,13H2,1H3. The molecular formula is C12H24N2O2. The molecule has 16 heavy (non-hydrogen) atoms. The van der Waals surface area contributed by atoms with Crippen molar-refractivity contribution in [1.29, 1.82) is 0 Å². The molecule has 2 N–H and O–H groups in total. The van der Waals surface area contributed by atoms with Crippen LogP contribution in [0.5, 0.6) is 0 Å². The highest BCUT2D eigenvalue weighted by atomic mass is 16.5. The Morgan fingerprint density at radius 3 is 2.94 bits per heavy atom. The number of hydrogen-bond acceptors (Lipinski definition) is 4. The second kappa shape index (κ2) is 7.63. The molecule has 94 valence electrons. The summed E-state index contributed by atoms with van der Waals surface area (Å²) < 4.78 is 4.74. The van der Waals surface area contributed by atoms with Gasteiger partial charge in [-0.2, -0.15) is 0 Å². The maximum atomic E-state index is 11.3. The Kier molecular flexibility index (Phi) is 6.42. The van der Waals surface area contributed by atoms with Crippen LogP contribution in [0.25, 0.3) is 0 Å². The summed E-state index contributed by atoms with van der Waals surface area (Å²) in [6.07, 6.45) is 6.35. The average Bonchev–Trinajstić information content (AvgIpc) is 2.31. The van der Waals surface area contributed by atoms with E-state index in [0.717, 1.165) is 38.9 Å². The maximum Gasteiger partial charge on any atom is 0.307 e. The second-order valence-electron chi connectivity index (χ2n) is 4.46. The van der Waals surface area contributed by atoms with E-state index < -0.39 is 0 Å². The average molecular weight is 228 g/mol. The Morgan fingerprint density at radius 1 is 1.44 bits per heavy atom. The molecule has 0 radical (unpaired) electrons. The third kappa shape index (κ3) is 4.49. The Bertz CT molecular complexity index is 209. The van der Waals surface area contributed by atoms with E-state index in [9.17, 15) is 4.79 Å². The zero-order chi connectivity index (χ0) is 11.8. The van der Waals surface area contributed by atoms with Crippen molar-refractivity contribution in [3.05, 3.63) is 0 Å². The van der Waals surface area contributed by atoms with Gasteiger partial charge in [0.15, 0.2) is 0 Å². The third-order valence-corrected chi connectivity index (χ3v) is 3.28. The quantitative estimate of drug-likeness (QED) is 0.547. The Hall–Kier alpha value is -0.610. The summed E-state index contributed by atoms with van der Waals surface area (Å²) >= 11 is 0. The van der Waals surface area contributed by atoms with Crippen LogP contribution in [0, 0.1) is 0 Å². The van der Waals surface area contributed by atoms with Crippen molar-refractivity contribution < 1.29 is 9.53 Å². The molecule has 1 unspecified atom stereocenters. The molecular weight excluding hydrogens is 204 g/mol. The lowest BCUT2D eigenvalue weighted by molar-refractivity contribution is -0.142. The van der Waals surface area contributed by atoms with E-state index in [-0.39, 0.29) is 5.97 Å². The monoisotopic (exact) mass is 228 g/mol. The number of hydrogen-bond donors (Lipinski definition) is 1. The highest BCUT2D eigenvalue weighted by Gasteiger charge is 2.24. The minimum atomic E-state index is -0.0873. The summed E-state index contributed by atoms with van der Waals surface area (Å²) in [4.78, 5) is 13.7. The summed E-state index contributed by atoms with van der Waals surface area (Å²) in [5.74, 6) is -0.0873. The first-order valence-electron chi connectivity index (χ1n) is 6.29. The molecule has 1 atom stereocenters. The summed E-state index contributed by atoms with van der Waals surface area (Å²) in [7, 11) is 1.46. The lowest BCUT2D eigenvalue weighted by Gasteiger charge is -2.35. The Labute approximate surface area is 98.1 Å². The van der Waals surface area contributed by atoms with E-state index in [1.54, 1.807) is 0 Å². The maximum absolute atomic E-state index is 11.3. The van der Waals surface area contributed by atoms with Gasteiger partial charge < -0.3 is 10.5 Å². The van der Waals surface area contributed by atoms with Crippen LogP contribution in [-0.2, 0) is 9.53 Å². The van der Waals surface area contributed by atoms with Crippen LogP contribution < -0.4 is 5.73 Å². The van der Waals surface area contributed by atoms with Gasteiger partial charge in [-0.25, -0.2) is 0 Å². The van der Waals surface area contributed by atoms with Gasteiger partial charge >= 0.3 is 5.97 Å². The fourth-order valence-corrected chi connectivity index (χ4v) is 2.32. The van der Waals surface area contributed by atoms with Crippen LogP contribution in [-0.4, -0.2) is 43.7 Å². The van der Waals surface area contributed by atoms with Crippen molar-refractivity contribution in [3.8, 4) is 0 Å². The molecule has 1 saturated heterocycles. The minimum absolute atomic E-state index is 0.0873. The molecule has 0 bridgehead atoms. The Morgan fingerprint density at radius 2 is 2.25 bits per heavy atom. The second-order valence-corrected chi connectivity index (χ2v) is 4.46. The van der Waals surface area contributed by atoms with E-state index in [0.29, 0.717) is 12.5 Å². The van der Waals surface area contributed by atoms with Gasteiger partial charge in [0.05, 0.1) is 13.5 Å². The van der Waals surface area contributed by atoms with Gasteiger partial charge in [0.1, 0.15) is 0 Å². The molecule has 0 amide bonds. The number of carbonyl (C=O) groups excluding carboxylic acids is 1. The van der Waals surface area contributed by atoms with E-state index >= 15 is 0 Å². The summed E-state index contributed by atoms with van der Waals surface area (Å²) in [5.41, 5.74) is 5.49. The highest BCUT2D eigenvalue weighted by Crippen LogP contribution is 2.20. The zero-order valence-electron chi connectivity index (χ0n) is 10.3. The number of piperidine rings is 1. The fraction of sp³-hybridized carbons (Fsp3) is 0.917. The van der Waals surface area contributed by atoms with Gasteiger partial charge in [-0.05, 0) is 45.3 Å². The van der Waals surface area contributed by atoms with Gasteiger partial charge in [0, 0.05) is 6.04 Å². The molecule has 0 saturated carbocycles. The highest BCUT2D eigenvalue weighted by molar-refractivity contribution is 5.69. The van der Waals surface area contributed by atoms with Crippen molar-refractivity contribution in [2.24, 2.45) is 5.73 Å². The normalized spacial score (nSPS) is 22.0. The van der Waals surface area contributed by atoms with Crippen LogP contribution >= 0.6 is 0 Å². The third-order valence-electron chi connectivity index (χ3n) is 3.28. The van der Waals surface area contributed by atoms with Crippen molar-refractivity contribution in [2.75, 3.05) is 26.7 Å². The number of ether oxygens (including phenoxy) is 1. The molecule has 1 heterocycles. The van der Waals surface area contributed by atoms with Crippen LogP contribution in [0.15, 0.2) is 0 Å². The molecule has 4 heteroatoms. The molecule has 0 aromatic heterocycles. The van der Waals surface area contributed by atoms with Gasteiger partial charge in [-0.15, -0.1) is 0 Å². The molecule has 0 aromatic carbocycles. The summed E-state index contributed by atoms with van der Waals surface area (Å²) in [6, 6.07) is 0.388. The number of methoxy groups -OCH3 is 1. The molecule has 1 rings (SSSR count). The first-order chi connectivity index (χ1) is 7.77. The lowest BCUT2D eigenvalue weighted by Crippen LogP contribution is -2.41. The molecule has 0 aromatic rings. The van der Waals surface area contributed by atoms with E-state index in [4.69, 9.17) is 10.5 Å². The SMILES string of the molecule is COC(=O)CC1CCCCN1CCCCN. The van der Waals surface area contributed by atoms with Gasteiger partial charge in [-0.1, -0.05) is 6.42 Å². The van der Waals surface area contributed by atoms with Crippen LogP contribution in [0.3, 0.4) is 0 Å². The van der Waals surface area contributed by atoms with E-state index in [1.165, 1.54) is 20.0 Å². The molecule has 1 fully saturated rings. The first kappa shape index (κ1) is 13.5. The minimum Gasteiger partial charge on any atom is -0.469 e. The number of nitrogens with two attached hydrogens (primary N) is 1. The molecule has 0 aliphatic carbocycles. The van der Waals surface area contributed by atoms with Gasteiger partial charge in [0.25, 0.3) is 0 Å². The number of esters is 1. The number of carbonyl (C=O) groups is 1.